The lowest BCUT2D eigenvalue weighted by atomic mass is 10.1. The lowest BCUT2D eigenvalue weighted by molar-refractivity contribution is -0.147. The third-order valence-electron chi connectivity index (χ3n) is 4.98. The maximum absolute atomic E-state index is 12.2. The fraction of sp³-hybridized carbons (Fsp3) is 0.348. The molecule has 31 heavy (non-hydrogen) atoms. The summed E-state index contributed by atoms with van der Waals surface area (Å²) in [7, 11) is 0. The van der Waals surface area contributed by atoms with Crippen molar-refractivity contribution in [3.8, 4) is 0 Å². The summed E-state index contributed by atoms with van der Waals surface area (Å²) < 4.78 is 10.2. The van der Waals surface area contributed by atoms with Gasteiger partial charge in [-0.2, -0.15) is 0 Å². The summed E-state index contributed by atoms with van der Waals surface area (Å²) in [5, 5.41) is 4.22. The number of para-hydroxylation sites is 1. The SMILES string of the molecule is CCOC(=O)c1c(NC(=O)COC(=O)CCCc2c[nH]c3ccccc23)sc(C)c1C. The Bertz CT molecular complexity index is 1100. The summed E-state index contributed by atoms with van der Waals surface area (Å²) in [6.07, 6.45) is 3.54. The summed E-state index contributed by atoms with van der Waals surface area (Å²) in [4.78, 5) is 40.6. The molecular formula is C23H26N2O5S. The highest BCUT2D eigenvalue weighted by atomic mass is 32.1. The number of H-pyrrole nitrogens is 1. The van der Waals surface area contributed by atoms with Crippen LogP contribution in [0.25, 0.3) is 10.9 Å². The molecule has 1 aromatic carbocycles. The molecule has 0 spiro atoms. The second kappa shape index (κ2) is 10.3. The van der Waals surface area contributed by atoms with E-state index in [1.54, 1.807) is 6.92 Å². The van der Waals surface area contributed by atoms with Gasteiger partial charge in [0.15, 0.2) is 6.61 Å². The van der Waals surface area contributed by atoms with E-state index in [0.717, 1.165) is 33.3 Å². The number of nitrogens with one attached hydrogen (secondary N) is 2. The van der Waals surface area contributed by atoms with Gasteiger partial charge in [-0.15, -0.1) is 11.3 Å². The standard InChI is InChI=1S/C23H26N2O5S/c1-4-29-23(28)21-14(2)15(3)31-22(21)25-19(26)13-30-20(27)11-7-8-16-12-24-18-10-6-5-9-17(16)18/h5-6,9-10,12,24H,4,7-8,11,13H2,1-3H3,(H,25,26). The van der Waals surface area contributed by atoms with Crippen molar-refractivity contribution in [1.29, 1.82) is 0 Å². The molecule has 0 saturated carbocycles. The van der Waals surface area contributed by atoms with Crippen LogP contribution >= 0.6 is 11.3 Å². The molecule has 0 aliphatic heterocycles. The molecule has 3 rings (SSSR count). The smallest absolute Gasteiger partial charge is 0.341 e. The first-order valence-electron chi connectivity index (χ1n) is 10.2. The van der Waals surface area contributed by atoms with Crippen molar-refractivity contribution in [3.63, 3.8) is 0 Å². The molecule has 0 bridgehead atoms. The molecule has 2 aromatic heterocycles. The number of thiophene rings is 1. The van der Waals surface area contributed by atoms with Gasteiger partial charge in [0.05, 0.1) is 12.2 Å². The zero-order chi connectivity index (χ0) is 22.4. The van der Waals surface area contributed by atoms with E-state index < -0.39 is 24.5 Å². The average Bonchev–Trinajstić information content (AvgIpc) is 3.27. The minimum atomic E-state index is -0.489. The Morgan fingerprint density at radius 1 is 1.13 bits per heavy atom. The highest BCUT2D eigenvalue weighted by molar-refractivity contribution is 7.16. The first-order valence-corrected chi connectivity index (χ1v) is 11.0. The van der Waals surface area contributed by atoms with Gasteiger partial charge in [0.1, 0.15) is 5.00 Å². The van der Waals surface area contributed by atoms with E-state index in [9.17, 15) is 14.4 Å². The molecule has 164 valence electrons. The van der Waals surface area contributed by atoms with Crippen LogP contribution in [-0.2, 0) is 25.5 Å². The third kappa shape index (κ3) is 5.52. The maximum Gasteiger partial charge on any atom is 0.341 e. The Labute approximate surface area is 184 Å². The van der Waals surface area contributed by atoms with Gasteiger partial charge in [-0.1, -0.05) is 18.2 Å². The highest BCUT2D eigenvalue weighted by Crippen LogP contribution is 2.33. The van der Waals surface area contributed by atoms with Crippen molar-refractivity contribution in [2.24, 2.45) is 0 Å². The average molecular weight is 443 g/mol. The Balaban J connectivity index is 1.47. The molecule has 0 saturated heterocycles. The van der Waals surface area contributed by atoms with Gasteiger partial charge in [0, 0.05) is 28.4 Å². The molecule has 0 radical (unpaired) electrons. The van der Waals surface area contributed by atoms with Gasteiger partial charge in [-0.3, -0.25) is 9.59 Å². The molecule has 0 aliphatic rings. The van der Waals surface area contributed by atoms with E-state index in [4.69, 9.17) is 9.47 Å². The first-order chi connectivity index (χ1) is 14.9. The molecule has 0 atom stereocenters. The van der Waals surface area contributed by atoms with E-state index in [1.807, 2.05) is 44.3 Å². The van der Waals surface area contributed by atoms with E-state index >= 15 is 0 Å². The number of fused-ring (bicyclic) bond motifs is 1. The second-order valence-electron chi connectivity index (χ2n) is 7.13. The van der Waals surface area contributed by atoms with Crippen LogP contribution in [0.15, 0.2) is 30.5 Å². The van der Waals surface area contributed by atoms with Crippen molar-refractivity contribution in [3.05, 3.63) is 52.0 Å². The van der Waals surface area contributed by atoms with Crippen LogP contribution in [0.3, 0.4) is 0 Å². The molecule has 2 heterocycles. The monoisotopic (exact) mass is 442 g/mol. The van der Waals surface area contributed by atoms with Gasteiger partial charge < -0.3 is 19.8 Å². The Morgan fingerprint density at radius 2 is 1.90 bits per heavy atom. The summed E-state index contributed by atoms with van der Waals surface area (Å²) in [6, 6.07) is 8.01. The van der Waals surface area contributed by atoms with Gasteiger partial charge in [-0.05, 0) is 50.8 Å². The number of carbonyl (C=O) groups excluding carboxylic acids is 3. The molecule has 0 fully saturated rings. The number of amides is 1. The largest absolute Gasteiger partial charge is 0.462 e. The topological polar surface area (TPSA) is 97.5 Å². The highest BCUT2D eigenvalue weighted by Gasteiger charge is 2.22. The Kier molecular flexibility index (Phi) is 7.46. The molecular weight excluding hydrogens is 416 g/mol. The van der Waals surface area contributed by atoms with Crippen molar-refractivity contribution in [1.82, 2.24) is 4.98 Å². The van der Waals surface area contributed by atoms with Crippen molar-refractivity contribution in [2.45, 2.75) is 40.0 Å². The van der Waals surface area contributed by atoms with Crippen LogP contribution in [0.5, 0.6) is 0 Å². The van der Waals surface area contributed by atoms with Crippen LogP contribution < -0.4 is 5.32 Å². The molecule has 3 aromatic rings. The number of benzene rings is 1. The molecule has 1 amide bonds. The van der Waals surface area contributed by atoms with Gasteiger partial charge in [0.25, 0.3) is 5.91 Å². The number of anilines is 1. The lowest BCUT2D eigenvalue weighted by Gasteiger charge is -2.08. The quantitative estimate of drug-likeness (QED) is 0.475. The summed E-state index contributed by atoms with van der Waals surface area (Å²) in [5.41, 5.74) is 3.34. The number of hydrogen-bond donors (Lipinski definition) is 2. The maximum atomic E-state index is 12.2. The summed E-state index contributed by atoms with van der Waals surface area (Å²) in [6.45, 7) is 5.25. The number of esters is 2. The second-order valence-corrected chi connectivity index (χ2v) is 8.35. The van der Waals surface area contributed by atoms with Crippen LogP contribution in [0, 0.1) is 13.8 Å². The Morgan fingerprint density at radius 3 is 2.68 bits per heavy atom. The van der Waals surface area contributed by atoms with Crippen LogP contribution in [0.2, 0.25) is 0 Å². The van der Waals surface area contributed by atoms with E-state index in [0.29, 0.717) is 17.0 Å². The predicted octanol–water partition coefficient (Wildman–Crippen LogP) is 4.53. The predicted molar refractivity (Wildman–Crippen MR) is 121 cm³/mol. The minimum absolute atomic E-state index is 0.220. The molecule has 8 heteroatoms. The van der Waals surface area contributed by atoms with Gasteiger partial charge >= 0.3 is 11.9 Å². The lowest BCUT2D eigenvalue weighted by Crippen LogP contribution is -2.21. The number of carbonyl (C=O) groups is 3. The number of aryl methyl sites for hydroxylation is 2. The number of aromatic nitrogens is 1. The first kappa shape index (κ1) is 22.6. The van der Waals surface area contributed by atoms with Gasteiger partial charge in [0.2, 0.25) is 0 Å². The van der Waals surface area contributed by atoms with E-state index in [-0.39, 0.29) is 13.0 Å². The minimum Gasteiger partial charge on any atom is -0.462 e. The van der Waals surface area contributed by atoms with E-state index in [1.165, 1.54) is 11.3 Å². The number of aromatic amines is 1. The molecule has 7 nitrogen and oxygen atoms in total. The van der Waals surface area contributed by atoms with Crippen molar-refractivity contribution in [2.75, 3.05) is 18.5 Å². The molecule has 2 N–H and O–H groups in total. The normalized spacial score (nSPS) is 10.8. The van der Waals surface area contributed by atoms with Crippen LogP contribution in [0.4, 0.5) is 5.00 Å². The fourth-order valence-corrected chi connectivity index (χ4v) is 4.37. The van der Waals surface area contributed by atoms with Crippen molar-refractivity contribution >= 4 is 45.1 Å². The zero-order valence-electron chi connectivity index (χ0n) is 17.9. The van der Waals surface area contributed by atoms with E-state index in [2.05, 4.69) is 10.3 Å². The summed E-state index contributed by atoms with van der Waals surface area (Å²) >= 11 is 1.29. The zero-order valence-corrected chi connectivity index (χ0v) is 18.7. The molecule has 0 aliphatic carbocycles. The van der Waals surface area contributed by atoms with Gasteiger partial charge in [-0.25, -0.2) is 4.79 Å². The third-order valence-corrected chi connectivity index (χ3v) is 6.11. The number of rotatable bonds is 9. The van der Waals surface area contributed by atoms with Crippen LogP contribution in [0.1, 0.15) is 46.1 Å². The number of ether oxygens (including phenoxy) is 2. The Hall–Kier alpha value is -3.13. The fourth-order valence-electron chi connectivity index (χ4n) is 3.31. The summed E-state index contributed by atoms with van der Waals surface area (Å²) in [5.74, 6) is -1.40. The molecule has 0 unspecified atom stereocenters. The number of hydrogen-bond acceptors (Lipinski definition) is 6. The van der Waals surface area contributed by atoms with Crippen molar-refractivity contribution < 1.29 is 23.9 Å². The van der Waals surface area contributed by atoms with Crippen LogP contribution in [-0.4, -0.2) is 36.0 Å².